The number of nitrogens with zero attached hydrogens (tertiary/aromatic N) is 2. The third kappa shape index (κ3) is 2.47. The Morgan fingerprint density at radius 1 is 1.12 bits per heavy atom. The molecular formula is C21H20N2O3. The summed E-state index contributed by atoms with van der Waals surface area (Å²) in [6, 6.07) is 15.1. The molecule has 1 aromatic heterocycles. The lowest BCUT2D eigenvalue weighted by Crippen LogP contribution is -2.30. The van der Waals surface area contributed by atoms with Gasteiger partial charge in [-0.2, -0.15) is 0 Å². The molecule has 5 heteroatoms. The van der Waals surface area contributed by atoms with Gasteiger partial charge in [0.2, 0.25) is 11.8 Å². The molecule has 1 atom stereocenters. The maximum Gasteiger partial charge on any atom is 0.241 e. The molecule has 2 heterocycles. The first-order valence-electron chi connectivity index (χ1n) is 8.72. The van der Waals surface area contributed by atoms with E-state index < -0.39 is 5.92 Å². The highest BCUT2D eigenvalue weighted by Crippen LogP contribution is 2.38. The molecule has 2 aromatic carbocycles. The number of carbonyl (C=O) groups excluding carboxylic acids is 2. The predicted molar refractivity (Wildman–Crippen MR) is 100 cm³/mol. The Balaban J connectivity index is 1.76. The van der Waals surface area contributed by atoms with Crippen LogP contribution in [0.3, 0.4) is 0 Å². The summed E-state index contributed by atoms with van der Waals surface area (Å²) in [7, 11) is 1.56. The number of anilines is 1. The number of para-hydroxylation sites is 1. The molecule has 4 rings (SSSR count). The SMILES string of the molecule is CCn1cc([C@H]2CC(=O)N(c3cccc(OC)c3)C2=O)c2ccccc21. The number of fused-ring (bicyclic) bond motifs is 1. The van der Waals surface area contributed by atoms with E-state index in [1.54, 1.807) is 31.4 Å². The maximum absolute atomic E-state index is 13.1. The standard InChI is InChI=1S/C21H20N2O3/c1-3-22-13-18(16-9-4-5-10-19(16)22)17-12-20(24)23(21(17)25)14-7-6-8-15(11-14)26-2/h4-11,13,17H,3,12H2,1-2H3/t17-/m1/s1. The molecule has 1 aliphatic rings. The Kier molecular flexibility index (Phi) is 3.99. The molecule has 0 N–H and O–H groups in total. The fraction of sp³-hybridized carbons (Fsp3) is 0.238. The van der Waals surface area contributed by atoms with Crippen LogP contribution in [-0.2, 0) is 16.1 Å². The highest BCUT2D eigenvalue weighted by molar-refractivity contribution is 6.23. The maximum atomic E-state index is 13.1. The van der Waals surface area contributed by atoms with Crippen LogP contribution in [0.1, 0.15) is 24.8 Å². The molecule has 0 bridgehead atoms. The molecule has 0 saturated carbocycles. The van der Waals surface area contributed by atoms with Crippen molar-refractivity contribution in [1.82, 2.24) is 4.57 Å². The Morgan fingerprint density at radius 2 is 1.92 bits per heavy atom. The largest absolute Gasteiger partial charge is 0.497 e. The van der Waals surface area contributed by atoms with E-state index in [0.717, 1.165) is 23.0 Å². The number of carbonyl (C=O) groups is 2. The van der Waals surface area contributed by atoms with Gasteiger partial charge < -0.3 is 9.30 Å². The van der Waals surface area contributed by atoms with Gasteiger partial charge in [-0.25, -0.2) is 4.90 Å². The molecule has 132 valence electrons. The second-order valence-corrected chi connectivity index (χ2v) is 6.41. The highest BCUT2D eigenvalue weighted by atomic mass is 16.5. The summed E-state index contributed by atoms with van der Waals surface area (Å²) >= 11 is 0. The number of aryl methyl sites for hydroxylation is 1. The van der Waals surface area contributed by atoms with Crippen molar-refractivity contribution >= 4 is 28.4 Å². The zero-order chi connectivity index (χ0) is 18.3. The second-order valence-electron chi connectivity index (χ2n) is 6.41. The van der Waals surface area contributed by atoms with Crippen molar-refractivity contribution in [2.45, 2.75) is 25.8 Å². The van der Waals surface area contributed by atoms with Gasteiger partial charge in [-0.05, 0) is 30.7 Å². The minimum atomic E-state index is -0.452. The van der Waals surface area contributed by atoms with Gasteiger partial charge in [-0.1, -0.05) is 24.3 Å². The summed E-state index contributed by atoms with van der Waals surface area (Å²) < 4.78 is 7.34. The first-order valence-corrected chi connectivity index (χ1v) is 8.72. The number of ether oxygens (including phenoxy) is 1. The van der Waals surface area contributed by atoms with Gasteiger partial charge in [0.15, 0.2) is 0 Å². The van der Waals surface area contributed by atoms with Crippen molar-refractivity contribution in [3.05, 3.63) is 60.3 Å². The molecule has 1 aliphatic heterocycles. The molecule has 1 fully saturated rings. The van der Waals surface area contributed by atoms with E-state index in [9.17, 15) is 9.59 Å². The van der Waals surface area contributed by atoms with Crippen molar-refractivity contribution in [2.24, 2.45) is 0 Å². The monoisotopic (exact) mass is 348 g/mol. The van der Waals surface area contributed by atoms with Gasteiger partial charge >= 0.3 is 0 Å². The van der Waals surface area contributed by atoms with Crippen molar-refractivity contribution in [2.75, 3.05) is 12.0 Å². The number of rotatable bonds is 4. The summed E-state index contributed by atoms with van der Waals surface area (Å²) in [5.74, 6) is -0.190. The van der Waals surface area contributed by atoms with Gasteiger partial charge in [0.25, 0.3) is 0 Å². The van der Waals surface area contributed by atoms with Gasteiger partial charge in [0.1, 0.15) is 5.75 Å². The van der Waals surface area contributed by atoms with Gasteiger partial charge in [-0.15, -0.1) is 0 Å². The summed E-state index contributed by atoms with van der Waals surface area (Å²) in [6.07, 6.45) is 2.20. The van der Waals surface area contributed by atoms with E-state index in [1.807, 2.05) is 30.5 Å². The lowest BCUT2D eigenvalue weighted by Gasteiger charge is -2.15. The average Bonchev–Trinajstić information content (AvgIpc) is 3.18. The quantitative estimate of drug-likeness (QED) is 0.675. The van der Waals surface area contributed by atoms with E-state index in [0.29, 0.717) is 11.4 Å². The van der Waals surface area contributed by atoms with Crippen LogP contribution < -0.4 is 9.64 Å². The molecule has 0 unspecified atom stereocenters. The van der Waals surface area contributed by atoms with Gasteiger partial charge in [0, 0.05) is 36.1 Å². The molecule has 26 heavy (non-hydrogen) atoms. The first kappa shape index (κ1) is 16.4. The lowest BCUT2D eigenvalue weighted by atomic mass is 9.97. The highest BCUT2D eigenvalue weighted by Gasteiger charge is 2.41. The number of amides is 2. The van der Waals surface area contributed by atoms with Crippen LogP contribution in [-0.4, -0.2) is 23.5 Å². The number of imide groups is 1. The number of methoxy groups -OCH3 is 1. The van der Waals surface area contributed by atoms with E-state index in [1.165, 1.54) is 4.90 Å². The normalized spacial score (nSPS) is 17.3. The summed E-state index contributed by atoms with van der Waals surface area (Å²) in [4.78, 5) is 27.0. The Labute approximate surface area is 151 Å². The fourth-order valence-corrected chi connectivity index (χ4v) is 3.71. The minimum absolute atomic E-state index is 0.178. The number of hydrogen-bond acceptors (Lipinski definition) is 3. The van der Waals surface area contributed by atoms with Crippen molar-refractivity contribution in [1.29, 1.82) is 0 Å². The van der Waals surface area contributed by atoms with Crippen LogP contribution in [0.5, 0.6) is 5.75 Å². The minimum Gasteiger partial charge on any atom is -0.497 e. The van der Waals surface area contributed by atoms with Crippen molar-refractivity contribution in [3.63, 3.8) is 0 Å². The molecule has 1 saturated heterocycles. The van der Waals surface area contributed by atoms with Crippen LogP contribution >= 0.6 is 0 Å². The van der Waals surface area contributed by atoms with E-state index >= 15 is 0 Å². The molecule has 3 aromatic rings. The third-order valence-electron chi connectivity index (χ3n) is 4.99. The smallest absolute Gasteiger partial charge is 0.241 e. The van der Waals surface area contributed by atoms with Crippen LogP contribution in [0.4, 0.5) is 5.69 Å². The number of benzene rings is 2. The van der Waals surface area contributed by atoms with Crippen molar-refractivity contribution < 1.29 is 14.3 Å². The average molecular weight is 348 g/mol. The number of aromatic nitrogens is 1. The van der Waals surface area contributed by atoms with Gasteiger partial charge in [0.05, 0.1) is 18.7 Å². The van der Waals surface area contributed by atoms with E-state index in [4.69, 9.17) is 4.74 Å². The molecule has 0 spiro atoms. The topological polar surface area (TPSA) is 51.5 Å². The van der Waals surface area contributed by atoms with Crippen LogP contribution in [0.15, 0.2) is 54.7 Å². The molecule has 0 radical (unpaired) electrons. The summed E-state index contributed by atoms with van der Waals surface area (Å²) in [5.41, 5.74) is 2.57. The second kappa shape index (κ2) is 6.33. The fourth-order valence-electron chi connectivity index (χ4n) is 3.71. The van der Waals surface area contributed by atoms with Crippen molar-refractivity contribution in [3.8, 4) is 5.75 Å². The molecule has 5 nitrogen and oxygen atoms in total. The molecule has 0 aliphatic carbocycles. The Bertz CT molecular complexity index is 1010. The Morgan fingerprint density at radius 3 is 2.69 bits per heavy atom. The Hall–Kier alpha value is -3.08. The molecule has 2 amide bonds. The predicted octanol–water partition coefficient (Wildman–Crippen LogP) is 3.72. The molecular weight excluding hydrogens is 328 g/mol. The van der Waals surface area contributed by atoms with E-state index in [-0.39, 0.29) is 18.2 Å². The zero-order valence-corrected chi connectivity index (χ0v) is 14.8. The van der Waals surface area contributed by atoms with Gasteiger partial charge in [-0.3, -0.25) is 9.59 Å². The van der Waals surface area contributed by atoms with Crippen LogP contribution in [0.2, 0.25) is 0 Å². The lowest BCUT2D eigenvalue weighted by molar-refractivity contribution is -0.121. The first-order chi connectivity index (χ1) is 12.6. The zero-order valence-electron chi connectivity index (χ0n) is 14.8. The number of hydrogen-bond donors (Lipinski definition) is 0. The summed E-state index contributed by atoms with van der Waals surface area (Å²) in [5, 5.41) is 1.04. The summed E-state index contributed by atoms with van der Waals surface area (Å²) in [6.45, 7) is 2.88. The van der Waals surface area contributed by atoms with Crippen LogP contribution in [0.25, 0.3) is 10.9 Å². The van der Waals surface area contributed by atoms with Crippen LogP contribution in [0, 0.1) is 0 Å². The van der Waals surface area contributed by atoms with E-state index in [2.05, 4.69) is 11.5 Å². The third-order valence-corrected chi connectivity index (χ3v) is 4.99.